The minimum atomic E-state index is -1.10. The first kappa shape index (κ1) is 29.9. The van der Waals surface area contributed by atoms with Gasteiger partial charge >= 0.3 is 5.97 Å². The predicted molar refractivity (Wildman–Crippen MR) is 151 cm³/mol. The zero-order valence-electron chi connectivity index (χ0n) is 23.0. The number of rotatable bonds is 15. The van der Waals surface area contributed by atoms with Crippen molar-refractivity contribution >= 4 is 11.5 Å². The van der Waals surface area contributed by atoms with Gasteiger partial charge in [0.05, 0.1) is 23.3 Å². The molecule has 0 saturated heterocycles. The van der Waals surface area contributed by atoms with Crippen molar-refractivity contribution in [3.05, 3.63) is 75.9 Å². The lowest BCUT2D eigenvalue weighted by atomic mass is 9.86. The molecule has 0 aliphatic carbocycles. The number of aliphatic carboxylic acids is 1. The molecule has 0 bridgehead atoms. The van der Waals surface area contributed by atoms with E-state index in [0.29, 0.717) is 39.7 Å². The molecule has 0 fully saturated rings. The van der Waals surface area contributed by atoms with Crippen LogP contribution < -0.4 is 0 Å². The number of hydrogen-bond donors (Lipinski definition) is 1. The standard InChI is InChI=1S/C33H42N2O2/c1-5-9-11-24(7-3)17-26-13-15-30(28(19-26)22-34)32(21-33(36)37)31-16-14-27(20-29(31)23-35)18-25(8-4)12-10-6-2/h13-16,19-21,24-25H,5-12,17-18H2,1-4H3,(H,36,37). The van der Waals surface area contributed by atoms with Gasteiger partial charge in [-0.3, -0.25) is 0 Å². The highest BCUT2D eigenvalue weighted by atomic mass is 16.4. The average molecular weight is 499 g/mol. The van der Waals surface area contributed by atoms with Gasteiger partial charge in [-0.05, 0) is 53.5 Å². The van der Waals surface area contributed by atoms with E-state index in [0.717, 1.165) is 55.7 Å². The van der Waals surface area contributed by atoms with E-state index < -0.39 is 5.97 Å². The zero-order valence-corrected chi connectivity index (χ0v) is 23.0. The van der Waals surface area contributed by atoms with Gasteiger partial charge in [0.1, 0.15) is 0 Å². The number of carboxylic acids is 1. The Morgan fingerprint density at radius 3 is 1.57 bits per heavy atom. The molecule has 0 amide bonds. The van der Waals surface area contributed by atoms with E-state index in [1.807, 2.05) is 36.4 Å². The summed E-state index contributed by atoms with van der Waals surface area (Å²) in [5, 5.41) is 29.6. The van der Waals surface area contributed by atoms with E-state index in [-0.39, 0.29) is 0 Å². The maximum absolute atomic E-state index is 11.8. The zero-order chi connectivity index (χ0) is 27.2. The van der Waals surface area contributed by atoms with Crippen molar-refractivity contribution < 1.29 is 9.90 Å². The Morgan fingerprint density at radius 1 is 0.811 bits per heavy atom. The summed E-state index contributed by atoms with van der Waals surface area (Å²) in [5.41, 5.74) is 4.55. The molecule has 2 aromatic rings. The molecule has 2 rings (SSSR count). The van der Waals surface area contributed by atoms with E-state index in [1.54, 1.807) is 0 Å². The summed E-state index contributed by atoms with van der Waals surface area (Å²) in [5.74, 6) is 0.0222. The normalized spacial score (nSPS) is 12.3. The van der Waals surface area contributed by atoms with Crippen molar-refractivity contribution in [1.29, 1.82) is 10.5 Å². The quantitative estimate of drug-likeness (QED) is 0.250. The lowest BCUT2D eigenvalue weighted by molar-refractivity contribution is -0.131. The first-order valence-corrected chi connectivity index (χ1v) is 13.9. The summed E-state index contributed by atoms with van der Waals surface area (Å²) in [6, 6.07) is 16.0. The van der Waals surface area contributed by atoms with Crippen molar-refractivity contribution in [3.63, 3.8) is 0 Å². The Balaban J connectivity index is 2.47. The van der Waals surface area contributed by atoms with Gasteiger partial charge in [-0.1, -0.05) is 103 Å². The van der Waals surface area contributed by atoms with Crippen LogP contribution in [0.15, 0.2) is 42.5 Å². The fraction of sp³-hybridized carbons (Fsp3) is 0.485. The smallest absolute Gasteiger partial charge is 0.328 e. The maximum atomic E-state index is 11.8. The van der Waals surface area contributed by atoms with Crippen LogP contribution >= 0.6 is 0 Å². The number of nitriles is 2. The predicted octanol–water partition coefficient (Wildman–Crippen LogP) is 8.46. The van der Waals surface area contributed by atoms with Crippen molar-refractivity contribution in [2.75, 3.05) is 0 Å². The van der Waals surface area contributed by atoms with E-state index in [4.69, 9.17) is 0 Å². The fourth-order valence-electron chi connectivity index (χ4n) is 5.07. The molecule has 4 nitrogen and oxygen atoms in total. The number of unbranched alkanes of at least 4 members (excludes halogenated alkanes) is 2. The average Bonchev–Trinajstić information content (AvgIpc) is 2.91. The van der Waals surface area contributed by atoms with Crippen LogP contribution in [0.25, 0.3) is 5.57 Å². The summed E-state index contributed by atoms with van der Waals surface area (Å²) in [4.78, 5) is 11.8. The molecule has 196 valence electrons. The first-order valence-electron chi connectivity index (χ1n) is 13.9. The highest BCUT2D eigenvalue weighted by Gasteiger charge is 2.18. The summed E-state index contributed by atoms with van der Waals surface area (Å²) >= 11 is 0. The monoisotopic (exact) mass is 498 g/mol. The number of carbonyl (C=O) groups is 1. The molecule has 2 unspecified atom stereocenters. The largest absolute Gasteiger partial charge is 0.478 e. The molecule has 4 heteroatoms. The topological polar surface area (TPSA) is 84.9 Å². The minimum Gasteiger partial charge on any atom is -0.478 e. The second kappa shape index (κ2) is 15.7. The van der Waals surface area contributed by atoms with Crippen molar-refractivity contribution in [3.8, 4) is 12.1 Å². The lowest BCUT2D eigenvalue weighted by Gasteiger charge is -2.18. The third-order valence-corrected chi connectivity index (χ3v) is 7.39. The first-order chi connectivity index (χ1) is 17.9. The third kappa shape index (κ3) is 8.91. The number of carboxylic acid groups (broad SMARTS) is 1. The lowest BCUT2D eigenvalue weighted by Crippen LogP contribution is -2.06. The van der Waals surface area contributed by atoms with Crippen molar-refractivity contribution in [2.24, 2.45) is 11.8 Å². The molecule has 2 atom stereocenters. The molecule has 0 aliphatic heterocycles. The van der Waals surface area contributed by atoms with E-state index >= 15 is 0 Å². The summed E-state index contributed by atoms with van der Waals surface area (Å²) in [6.45, 7) is 8.80. The van der Waals surface area contributed by atoms with Gasteiger partial charge in [0.25, 0.3) is 0 Å². The molecular formula is C33H42N2O2. The Morgan fingerprint density at radius 2 is 1.24 bits per heavy atom. The van der Waals surface area contributed by atoms with Gasteiger partial charge in [0.15, 0.2) is 0 Å². The molecular weight excluding hydrogens is 456 g/mol. The molecule has 0 saturated carbocycles. The van der Waals surface area contributed by atoms with E-state index in [9.17, 15) is 20.4 Å². The van der Waals surface area contributed by atoms with Gasteiger partial charge in [0.2, 0.25) is 0 Å². The molecule has 0 aromatic heterocycles. The van der Waals surface area contributed by atoms with E-state index in [1.165, 1.54) is 25.7 Å². The highest BCUT2D eigenvalue weighted by molar-refractivity contribution is 5.97. The Hall–Kier alpha value is -3.37. The van der Waals surface area contributed by atoms with Crippen molar-refractivity contribution in [2.45, 2.75) is 91.9 Å². The second-order valence-corrected chi connectivity index (χ2v) is 10.1. The molecule has 1 N–H and O–H groups in total. The molecule has 0 spiro atoms. The summed E-state index contributed by atoms with van der Waals surface area (Å²) < 4.78 is 0. The Kier molecular flexibility index (Phi) is 12.7. The van der Waals surface area contributed by atoms with Crippen LogP contribution in [0.5, 0.6) is 0 Å². The molecule has 0 radical (unpaired) electrons. The SMILES string of the molecule is CCCCC(CC)Cc1ccc(C(=CC(=O)O)c2ccc(CC(CC)CCCC)cc2C#N)c(C#N)c1. The number of hydrogen-bond acceptors (Lipinski definition) is 3. The van der Waals surface area contributed by atoms with Gasteiger partial charge in [-0.15, -0.1) is 0 Å². The number of nitrogens with zero attached hydrogens (tertiary/aromatic N) is 2. The van der Waals surface area contributed by atoms with Crippen LogP contribution in [0, 0.1) is 34.5 Å². The van der Waals surface area contributed by atoms with Crippen molar-refractivity contribution in [1.82, 2.24) is 0 Å². The van der Waals surface area contributed by atoms with Gasteiger partial charge < -0.3 is 5.11 Å². The summed E-state index contributed by atoms with van der Waals surface area (Å²) in [6.07, 6.45) is 12.1. The Bertz CT molecular complexity index is 1070. The maximum Gasteiger partial charge on any atom is 0.328 e. The van der Waals surface area contributed by atoms with Crippen LogP contribution in [-0.4, -0.2) is 11.1 Å². The van der Waals surface area contributed by atoms with Crippen LogP contribution in [0.3, 0.4) is 0 Å². The fourth-order valence-corrected chi connectivity index (χ4v) is 5.07. The summed E-state index contributed by atoms with van der Waals surface area (Å²) in [7, 11) is 0. The van der Waals surface area contributed by atoms with Gasteiger partial charge in [0, 0.05) is 17.2 Å². The molecule has 2 aromatic carbocycles. The molecule has 0 aliphatic rings. The van der Waals surface area contributed by atoms with Crippen LogP contribution in [-0.2, 0) is 17.6 Å². The van der Waals surface area contributed by atoms with E-state index in [2.05, 4.69) is 39.8 Å². The number of benzene rings is 2. The molecule has 37 heavy (non-hydrogen) atoms. The van der Waals surface area contributed by atoms with Crippen LogP contribution in [0.2, 0.25) is 0 Å². The van der Waals surface area contributed by atoms with Gasteiger partial charge in [-0.25, -0.2) is 4.79 Å². The van der Waals surface area contributed by atoms with Crippen LogP contribution in [0.1, 0.15) is 112 Å². The highest BCUT2D eigenvalue weighted by Crippen LogP contribution is 2.32. The third-order valence-electron chi connectivity index (χ3n) is 7.39. The molecule has 0 heterocycles. The second-order valence-electron chi connectivity index (χ2n) is 10.1. The van der Waals surface area contributed by atoms with Gasteiger partial charge in [-0.2, -0.15) is 10.5 Å². The van der Waals surface area contributed by atoms with Crippen LogP contribution in [0.4, 0.5) is 0 Å². The Labute approximate surface area is 223 Å². The minimum absolute atomic E-state index is 0.398.